The van der Waals surface area contributed by atoms with Crippen LogP contribution in [0, 0.1) is 12.8 Å². The van der Waals surface area contributed by atoms with Gasteiger partial charge in [0.05, 0.1) is 33.0 Å². The molecule has 0 aliphatic heterocycles. The molecule has 3 N–H and O–H groups in total. The summed E-state index contributed by atoms with van der Waals surface area (Å²) in [5.41, 5.74) is 10.3. The van der Waals surface area contributed by atoms with Gasteiger partial charge in [-0.05, 0) is 81.0 Å². The first-order valence-electron chi connectivity index (χ1n) is 13.7. The minimum absolute atomic E-state index is 0.0677. The number of nitrogens with zero attached hydrogens (tertiary/aromatic N) is 4. The van der Waals surface area contributed by atoms with Gasteiger partial charge in [-0.3, -0.25) is 23.7 Å². The second-order valence-electron chi connectivity index (χ2n) is 10.9. The summed E-state index contributed by atoms with van der Waals surface area (Å²) in [6.07, 6.45) is 5.01. The highest BCUT2D eigenvalue weighted by Crippen LogP contribution is 2.29. The molecule has 3 aromatic heterocycles. The van der Waals surface area contributed by atoms with E-state index in [1.165, 1.54) is 6.20 Å². The van der Waals surface area contributed by atoms with Crippen LogP contribution in [0.25, 0.3) is 27.6 Å². The average molecular weight is 571 g/mol. The Morgan fingerprint density at radius 3 is 2.49 bits per heavy atom. The molecule has 0 unspecified atom stereocenters. The summed E-state index contributed by atoms with van der Waals surface area (Å²) in [5, 5.41) is 4.42. The number of pyridine rings is 1. The molecule has 0 radical (unpaired) electrons. The van der Waals surface area contributed by atoms with Crippen LogP contribution < -0.4 is 16.7 Å². The standard InChI is InChI=1S/C31H31ClN6O3/c1-18-24(15-21(32)16-34-18)30(40)35-22-9-7-19(8-10-22)17-37-26-5-3-4-6-27(26)38(31(37)41)23-11-12-25-20(13-23)14-28(29(33)39)36(25)2/h3-6,11-16,19,22H,7-10,17H2,1-2H3,(H2,33,39)(H,35,40). The van der Waals surface area contributed by atoms with Gasteiger partial charge >= 0.3 is 5.69 Å². The molecule has 3 heterocycles. The van der Waals surface area contributed by atoms with Gasteiger partial charge in [-0.1, -0.05) is 23.7 Å². The maximum atomic E-state index is 13.9. The molecule has 1 fully saturated rings. The molecule has 2 amide bonds. The van der Waals surface area contributed by atoms with Crippen molar-refractivity contribution in [2.24, 2.45) is 18.7 Å². The van der Waals surface area contributed by atoms with Crippen LogP contribution in [0.1, 0.15) is 52.2 Å². The van der Waals surface area contributed by atoms with Gasteiger partial charge in [-0.2, -0.15) is 0 Å². The van der Waals surface area contributed by atoms with E-state index in [9.17, 15) is 14.4 Å². The molecule has 9 nitrogen and oxygen atoms in total. The summed E-state index contributed by atoms with van der Waals surface area (Å²) < 4.78 is 5.36. The van der Waals surface area contributed by atoms with Crippen molar-refractivity contribution in [1.29, 1.82) is 0 Å². The number of benzene rings is 2. The molecule has 0 spiro atoms. The third-order valence-electron chi connectivity index (χ3n) is 8.29. The van der Waals surface area contributed by atoms with Crippen LogP contribution in [0.4, 0.5) is 0 Å². The summed E-state index contributed by atoms with van der Waals surface area (Å²) in [6, 6.07) is 17.0. The van der Waals surface area contributed by atoms with E-state index in [-0.39, 0.29) is 17.6 Å². The largest absolute Gasteiger partial charge is 0.364 e. The van der Waals surface area contributed by atoms with Crippen LogP contribution in [0.3, 0.4) is 0 Å². The number of hydrogen-bond donors (Lipinski definition) is 2. The number of nitrogens with one attached hydrogen (secondary N) is 1. The molecule has 2 aromatic carbocycles. The Morgan fingerprint density at radius 2 is 1.76 bits per heavy atom. The lowest BCUT2D eigenvalue weighted by atomic mass is 9.85. The third kappa shape index (κ3) is 4.91. The fourth-order valence-electron chi connectivity index (χ4n) is 6.09. The third-order valence-corrected chi connectivity index (χ3v) is 8.50. The number of aryl methyl sites for hydroxylation is 2. The number of amides is 2. The zero-order chi connectivity index (χ0) is 28.8. The highest BCUT2D eigenvalue weighted by molar-refractivity contribution is 6.30. The molecule has 6 rings (SSSR count). The van der Waals surface area contributed by atoms with Gasteiger partial charge in [0.25, 0.3) is 11.8 Å². The number of imidazole rings is 1. The molecule has 1 saturated carbocycles. The topological polar surface area (TPSA) is 117 Å². The molecule has 5 aromatic rings. The van der Waals surface area contributed by atoms with Gasteiger partial charge in [0.2, 0.25) is 0 Å². The van der Waals surface area contributed by atoms with Gasteiger partial charge in [0, 0.05) is 36.7 Å². The molecule has 210 valence electrons. The van der Waals surface area contributed by atoms with Crippen molar-refractivity contribution in [1.82, 2.24) is 24.0 Å². The lowest BCUT2D eigenvalue weighted by molar-refractivity contribution is 0.0918. The molecule has 1 aliphatic carbocycles. The number of para-hydroxylation sites is 2. The Kier molecular flexibility index (Phi) is 6.91. The monoisotopic (exact) mass is 570 g/mol. The number of nitrogens with two attached hydrogens (primary N) is 1. The molecule has 0 atom stereocenters. The SMILES string of the molecule is Cc1ncc(Cl)cc1C(=O)NC1CCC(Cn2c(=O)n(-c3ccc4c(c3)cc(C(N)=O)n4C)c3ccccc32)CC1. The van der Waals surface area contributed by atoms with Gasteiger partial charge < -0.3 is 15.6 Å². The number of primary amides is 1. The number of hydrogen-bond acceptors (Lipinski definition) is 4. The van der Waals surface area contributed by atoms with E-state index in [0.717, 1.165) is 53.3 Å². The summed E-state index contributed by atoms with van der Waals surface area (Å²) in [7, 11) is 1.80. The van der Waals surface area contributed by atoms with Gasteiger partial charge in [-0.15, -0.1) is 0 Å². The Hall–Kier alpha value is -4.37. The van der Waals surface area contributed by atoms with Crippen molar-refractivity contribution in [3.05, 3.63) is 93.3 Å². The minimum Gasteiger partial charge on any atom is -0.364 e. The van der Waals surface area contributed by atoms with Crippen molar-refractivity contribution in [3.63, 3.8) is 0 Å². The number of aromatic nitrogens is 4. The first-order chi connectivity index (χ1) is 19.7. The predicted octanol–water partition coefficient (Wildman–Crippen LogP) is 4.73. The van der Waals surface area contributed by atoms with E-state index in [2.05, 4.69) is 10.3 Å². The number of halogens is 1. The average Bonchev–Trinajstić information content (AvgIpc) is 3.44. The van der Waals surface area contributed by atoms with E-state index in [1.54, 1.807) is 35.2 Å². The predicted molar refractivity (Wildman–Crippen MR) is 160 cm³/mol. The van der Waals surface area contributed by atoms with E-state index in [4.69, 9.17) is 17.3 Å². The van der Waals surface area contributed by atoms with E-state index >= 15 is 0 Å². The van der Waals surface area contributed by atoms with Crippen LogP contribution >= 0.6 is 11.6 Å². The maximum Gasteiger partial charge on any atom is 0.333 e. The highest BCUT2D eigenvalue weighted by atomic mass is 35.5. The molecule has 1 aliphatic rings. The zero-order valence-corrected chi connectivity index (χ0v) is 23.7. The number of rotatable bonds is 6. The first kappa shape index (κ1) is 26.8. The van der Waals surface area contributed by atoms with E-state index < -0.39 is 5.91 Å². The normalized spacial score (nSPS) is 17.2. The molecule has 0 bridgehead atoms. The number of carbonyl (C=O) groups is 2. The van der Waals surface area contributed by atoms with Crippen molar-refractivity contribution in [3.8, 4) is 5.69 Å². The second-order valence-corrected chi connectivity index (χ2v) is 11.3. The minimum atomic E-state index is -0.495. The quantitative estimate of drug-likeness (QED) is 0.307. The fourth-order valence-corrected chi connectivity index (χ4v) is 6.25. The molecule has 41 heavy (non-hydrogen) atoms. The van der Waals surface area contributed by atoms with Crippen molar-refractivity contribution in [2.75, 3.05) is 0 Å². The highest BCUT2D eigenvalue weighted by Gasteiger charge is 2.26. The van der Waals surface area contributed by atoms with Crippen molar-refractivity contribution >= 4 is 45.4 Å². The molecule has 0 saturated heterocycles. The zero-order valence-electron chi connectivity index (χ0n) is 22.9. The fraction of sp³-hybridized carbons (Fsp3) is 0.290. The van der Waals surface area contributed by atoms with Crippen molar-refractivity contribution in [2.45, 2.75) is 45.2 Å². The molecule has 10 heteroatoms. The lowest BCUT2D eigenvalue weighted by Gasteiger charge is -2.29. The first-order valence-corrected chi connectivity index (χ1v) is 14.1. The van der Waals surface area contributed by atoms with E-state index in [1.807, 2.05) is 47.0 Å². The van der Waals surface area contributed by atoms with Crippen LogP contribution in [0.2, 0.25) is 5.02 Å². The van der Waals surface area contributed by atoms with Crippen molar-refractivity contribution < 1.29 is 9.59 Å². The summed E-state index contributed by atoms with van der Waals surface area (Å²) in [5.74, 6) is -0.340. The smallest absolute Gasteiger partial charge is 0.333 e. The van der Waals surface area contributed by atoms with Gasteiger partial charge in [-0.25, -0.2) is 4.79 Å². The van der Waals surface area contributed by atoms with Crippen LogP contribution in [0.15, 0.2) is 65.6 Å². The Balaban J connectivity index is 1.23. The summed E-state index contributed by atoms with van der Waals surface area (Å²) >= 11 is 6.05. The Morgan fingerprint density at radius 1 is 1.02 bits per heavy atom. The molecular weight excluding hydrogens is 540 g/mol. The maximum absolute atomic E-state index is 13.9. The van der Waals surface area contributed by atoms with Gasteiger partial charge in [0.1, 0.15) is 5.69 Å². The Bertz CT molecular complexity index is 1880. The molecular formula is C31H31ClN6O3. The number of carbonyl (C=O) groups excluding carboxylic acids is 2. The lowest BCUT2D eigenvalue weighted by Crippen LogP contribution is -2.39. The van der Waals surface area contributed by atoms with Crippen LogP contribution in [0.5, 0.6) is 0 Å². The summed E-state index contributed by atoms with van der Waals surface area (Å²) in [6.45, 7) is 2.40. The van der Waals surface area contributed by atoms with Crippen LogP contribution in [-0.2, 0) is 13.6 Å². The van der Waals surface area contributed by atoms with E-state index in [0.29, 0.717) is 34.4 Å². The Labute approximate surface area is 241 Å². The van der Waals surface area contributed by atoms with Crippen LogP contribution in [-0.4, -0.2) is 36.5 Å². The summed E-state index contributed by atoms with van der Waals surface area (Å²) in [4.78, 5) is 42.8. The number of fused-ring (bicyclic) bond motifs is 2. The second kappa shape index (κ2) is 10.6. The van der Waals surface area contributed by atoms with Gasteiger partial charge in [0.15, 0.2) is 0 Å².